The van der Waals surface area contributed by atoms with E-state index >= 15 is 0 Å². The number of carbonyl (C=O) groups excluding carboxylic acids is 2. The summed E-state index contributed by atoms with van der Waals surface area (Å²) >= 11 is 0. The molecule has 29 heavy (non-hydrogen) atoms. The van der Waals surface area contributed by atoms with Gasteiger partial charge in [0.05, 0.1) is 6.04 Å². The van der Waals surface area contributed by atoms with Crippen LogP contribution >= 0.6 is 0 Å². The Morgan fingerprint density at radius 1 is 1.17 bits per heavy atom. The van der Waals surface area contributed by atoms with Crippen molar-refractivity contribution in [3.8, 4) is 0 Å². The molecule has 2 aromatic rings. The number of fused-ring (bicyclic) bond motifs is 1. The second kappa shape index (κ2) is 7.32. The van der Waals surface area contributed by atoms with Crippen LogP contribution < -0.4 is 0 Å². The monoisotopic (exact) mass is 392 g/mol. The van der Waals surface area contributed by atoms with Crippen LogP contribution in [0.4, 0.5) is 0 Å². The van der Waals surface area contributed by atoms with Gasteiger partial charge in [-0.1, -0.05) is 29.8 Å². The van der Waals surface area contributed by atoms with Crippen LogP contribution in [0.1, 0.15) is 65.3 Å². The molecule has 152 valence electrons. The maximum absolute atomic E-state index is 13.1. The van der Waals surface area contributed by atoms with Crippen LogP contribution in [0.15, 0.2) is 30.3 Å². The minimum atomic E-state index is -0.0102. The molecule has 1 aliphatic carbocycles. The van der Waals surface area contributed by atoms with E-state index in [1.165, 1.54) is 18.4 Å². The molecule has 1 N–H and O–H groups in total. The number of hydrogen-bond donors (Lipinski definition) is 1. The van der Waals surface area contributed by atoms with Crippen molar-refractivity contribution in [2.24, 2.45) is 5.92 Å². The topological polar surface area (TPSA) is 69.3 Å². The molecule has 3 heterocycles. The molecular weight excluding hydrogens is 364 g/mol. The highest BCUT2D eigenvalue weighted by Gasteiger charge is 2.42. The molecule has 2 amide bonds. The molecule has 3 aliphatic rings. The van der Waals surface area contributed by atoms with Crippen molar-refractivity contribution in [1.29, 1.82) is 0 Å². The van der Waals surface area contributed by atoms with E-state index in [-0.39, 0.29) is 17.9 Å². The Hall–Kier alpha value is -2.63. The first-order valence-electron chi connectivity index (χ1n) is 10.8. The van der Waals surface area contributed by atoms with E-state index in [4.69, 9.17) is 0 Å². The van der Waals surface area contributed by atoms with Crippen molar-refractivity contribution in [1.82, 2.24) is 20.0 Å². The molecule has 6 nitrogen and oxygen atoms in total. The van der Waals surface area contributed by atoms with E-state index in [9.17, 15) is 9.59 Å². The zero-order chi connectivity index (χ0) is 20.0. The average molecular weight is 393 g/mol. The normalized spacial score (nSPS) is 24.5. The van der Waals surface area contributed by atoms with Crippen molar-refractivity contribution in [2.75, 3.05) is 13.1 Å². The van der Waals surface area contributed by atoms with Crippen LogP contribution in [0.5, 0.6) is 0 Å². The van der Waals surface area contributed by atoms with Crippen LogP contribution in [0.2, 0.25) is 0 Å². The standard InChI is InChI=1S/C23H28N4O2/c1-15-5-7-16(8-6-15)12-27-21-14-26(13-18(21)3-2-4-22(27)28)23(29)20-11-19(24-25-20)17-9-10-17/h5-8,11,17-18,21H,2-4,9-10,12-14H2,1H3,(H,24,25)/t18-,21+/m1/s1. The maximum Gasteiger partial charge on any atom is 0.274 e. The quantitative estimate of drug-likeness (QED) is 0.868. The third-order valence-corrected chi connectivity index (χ3v) is 6.69. The summed E-state index contributed by atoms with van der Waals surface area (Å²) in [5, 5.41) is 7.31. The van der Waals surface area contributed by atoms with Crippen LogP contribution in [0, 0.1) is 12.8 Å². The second-order valence-corrected chi connectivity index (χ2v) is 8.92. The number of likely N-dealkylation sites (tertiary alicyclic amines) is 2. The number of aromatic amines is 1. The molecule has 5 rings (SSSR count). The number of hydrogen-bond acceptors (Lipinski definition) is 3. The number of aryl methyl sites for hydroxylation is 1. The molecule has 6 heteroatoms. The number of H-pyrrole nitrogens is 1. The largest absolute Gasteiger partial charge is 0.335 e. The van der Waals surface area contributed by atoms with Crippen LogP contribution in [0.3, 0.4) is 0 Å². The summed E-state index contributed by atoms with van der Waals surface area (Å²) in [6.45, 7) is 4.01. The van der Waals surface area contributed by atoms with E-state index in [1.54, 1.807) is 0 Å². The van der Waals surface area contributed by atoms with Crippen molar-refractivity contribution in [2.45, 2.75) is 57.5 Å². The van der Waals surface area contributed by atoms with Crippen molar-refractivity contribution in [3.05, 3.63) is 52.8 Å². The third-order valence-electron chi connectivity index (χ3n) is 6.69. The predicted molar refractivity (Wildman–Crippen MR) is 109 cm³/mol. The number of carbonyl (C=O) groups is 2. The molecule has 0 bridgehead atoms. The highest BCUT2D eigenvalue weighted by molar-refractivity contribution is 5.92. The molecule has 2 saturated heterocycles. The van der Waals surface area contributed by atoms with Gasteiger partial charge in [-0.2, -0.15) is 5.10 Å². The fraction of sp³-hybridized carbons (Fsp3) is 0.522. The summed E-state index contributed by atoms with van der Waals surface area (Å²) in [5.74, 6) is 1.10. The Morgan fingerprint density at radius 2 is 1.97 bits per heavy atom. The van der Waals surface area contributed by atoms with Gasteiger partial charge in [-0.25, -0.2) is 0 Å². The first kappa shape index (κ1) is 18.4. The molecule has 0 radical (unpaired) electrons. The Kier molecular flexibility index (Phi) is 4.64. The summed E-state index contributed by atoms with van der Waals surface area (Å²) in [7, 11) is 0. The van der Waals surface area contributed by atoms with E-state index < -0.39 is 0 Å². The van der Waals surface area contributed by atoms with Gasteiger partial charge in [-0.15, -0.1) is 0 Å². The van der Waals surface area contributed by atoms with E-state index in [0.717, 1.165) is 24.1 Å². The minimum absolute atomic E-state index is 0.0102. The van der Waals surface area contributed by atoms with Crippen molar-refractivity contribution >= 4 is 11.8 Å². The van der Waals surface area contributed by atoms with Crippen molar-refractivity contribution < 1.29 is 9.59 Å². The molecule has 2 atom stereocenters. The summed E-state index contributed by atoms with van der Waals surface area (Å²) in [6.07, 6.45) is 4.87. The smallest absolute Gasteiger partial charge is 0.274 e. The van der Waals surface area contributed by atoms with E-state index in [2.05, 4.69) is 41.4 Å². The van der Waals surface area contributed by atoms with E-state index in [1.807, 2.05) is 15.9 Å². The van der Waals surface area contributed by atoms with Gasteiger partial charge >= 0.3 is 0 Å². The lowest BCUT2D eigenvalue weighted by Gasteiger charge is -2.30. The molecular formula is C23H28N4O2. The van der Waals surface area contributed by atoms with Gasteiger partial charge in [0.2, 0.25) is 5.91 Å². The fourth-order valence-corrected chi connectivity index (χ4v) is 4.81. The van der Waals surface area contributed by atoms with Gasteiger partial charge in [0.25, 0.3) is 5.91 Å². The molecule has 0 spiro atoms. The Labute approximate surface area is 171 Å². The number of aromatic nitrogens is 2. The lowest BCUT2D eigenvalue weighted by Crippen LogP contribution is -2.43. The summed E-state index contributed by atoms with van der Waals surface area (Å²) in [4.78, 5) is 29.9. The third kappa shape index (κ3) is 3.68. The highest BCUT2D eigenvalue weighted by Crippen LogP contribution is 2.39. The molecule has 0 unspecified atom stereocenters. The first-order chi connectivity index (χ1) is 14.1. The summed E-state index contributed by atoms with van der Waals surface area (Å²) in [5.41, 5.74) is 3.96. The average Bonchev–Trinajstić information content (AvgIpc) is 3.34. The number of nitrogens with one attached hydrogen (secondary N) is 1. The molecule has 1 aromatic heterocycles. The Balaban J connectivity index is 1.33. The zero-order valence-corrected chi connectivity index (χ0v) is 16.9. The Morgan fingerprint density at radius 3 is 2.72 bits per heavy atom. The lowest BCUT2D eigenvalue weighted by atomic mass is 9.98. The summed E-state index contributed by atoms with van der Waals surface area (Å²) < 4.78 is 0. The number of amides is 2. The van der Waals surface area contributed by atoms with Gasteiger partial charge in [0.1, 0.15) is 5.69 Å². The minimum Gasteiger partial charge on any atom is -0.335 e. The lowest BCUT2D eigenvalue weighted by molar-refractivity contribution is -0.133. The number of benzene rings is 1. The zero-order valence-electron chi connectivity index (χ0n) is 16.9. The second-order valence-electron chi connectivity index (χ2n) is 8.92. The fourth-order valence-electron chi connectivity index (χ4n) is 4.81. The summed E-state index contributed by atoms with van der Waals surface area (Å²) in [6, 6.07) is 10.4. The SMILES string of the molecule is Cc1ccc(CN2C(=O)CCC[C@@H]3CN(C(=O)c4cc(C5CC5)[nH]n4)C[C@@H]32)cc1. The molecule has 3 fully saturated rings. The van der Waals surface area contributed by atoms with E-state index in [0.29, 0.717) is 43.6 Å². The molecule has 1 aromatic carbocycles. The van der Waals surface area contributed by atoms with Crippen LogP contribution in [0.25, 0.3) is 0 Å². The predicted octanol–water partition coefficient (Wildman–Crippen LogP) is 3.25. The number of rotatable bonds is 4. The van der Waals surface area contributed by atoms with Gasteiger partial charge in [-0.05, 0) is 50.2 Å². The van der Waals surface area contributed by atoms with Gasteiger partial charge in [-0.3, -0.25) is 14.7 Å². The first-order valence-corrected chi connectivity index (χ1v) is 10.8. The number of nitrogens with zero attached hydrogens (tertiary/aromatic N) is 3. The van der Waals surface area contributed by atoms with Crippen LogP contribution in [-0.4, -0.2) is 50.9 Å². The van der Waals surface area contributed by atoms with Crippen molar-refractivity contribution in [3.63, 3.8) is 0 Å². The molecule has 1 saturated carbocycles. The van der Waals surface area contributed by atoms with Gasteiger partial charge in [0, 0.05) is 37.7 Å². The highest BCUT2D eigenvalue weighted by atomic mass is 16.2. The maximum atomic E-state index is 13.1. The van der Waals surface area contributed by atoms with Gasteiger partial charge < -0.3 is 9.80 Å². The van der Waals surface area contributed by atoms with Crippen LogP contribution in [-0.2, 0) is 11.3 Å². The molecule has 2 aliphatic heterocycles. The Bertz CT molecular complexity index is 915. The van der Waals surface area contributed by atoms with Gasteiger partial charge in [0.15, 0.2) is 0 Å².